The number of thiocarbonyl (C=S) groups is 1. The van der Waals surface area contributed by atoms with Crippen molar-refractivity contribution in [3.8, 4) is 17.3 Å². The van der Waals surface area contributed by atoms with Crippen LogP contribution in [0.4, 0.5) is 0 Å². The van der Waals surface area contributed by atoms with Crippen molar-refractivity contribution in [2.75, 3.05) is 0 Å². The minimum absolute atomic E-state index is 0.131. The van der Waals surface area contributed by atoms with Crippen LogP contribution in [0.25, 0.3) is 11.8 Å². The summed E-state index contributed by atoms with van der Waals surface area (Å²) >= 11 is 12.6. The molecule has 3 aromatic carbocycles. The number of aromatic nitrogens is 2. The molecule has 0 radical (unpaired) electrons. The first kappa shape index (κ1) is 26.7. The van der Waals surface area contributed by atoms with E-state index < -0.39 is 17.9 Å². The van der Waals surface area contributed by atoms with Crippen LogP contribution >= 0.6 is 35.6 Å². The van der Waals surface area contributed by atoms with E-state index in [4.69, 9.17) is 28.6 Å². The number of carbonyl (C=O) groups is 2. The fourth-order valence-corrected chi connectivity index (χ4v) is 5.61. The average Bonchev–Trinajstić information content (AvgIpc) is 3.39. The molecule has 1 aliphatic heterocycles. The SMILES string of the molecule is Cc1nn(-c2ccccc2)c(Oc2ccc(Cl)cc2)c1/C=C1\SC(=S)N([C@@H](Cc2ccccc2)C(=O)O)C1=O. The number of halogens is 1. The summed E-state index contributed by atoms with van der Waals surface area (Å²) in [6.45, 7) is 1.82. The highest BCUT2D eigenvalue weighted by molar-refractivity contribution is 8.26. The quantitative estimate of drug-likeness (QED) is 0.189. The second-order valence-corrected chi connectivity index (χ2v) is 10.8. The van der Waals surface area contributed by atoms with Crippen LogP contribution < -0.4 is 4.74 Å². The average molecular weight is 576 g/mol. The number of para-hydroxylation sites is 1. The Kier molecular flexibility index (Phi) is 7.83. The highest BCUT2D eigenvalue weighted by Crippen LogP contribution is 2.38. The first-order valence-electron chi connectivity index (χ1n) is 11.9. The van der Waals surface area contributed by atoms with Crippen molar-refractivity contribution < 1.29 is 19.4 Å². The normalized spacial score (nSPS) is 15.1. The van der Waals surface area contributed by atoms with Gasteiger partial charge in [-0.1, -0.05) is 84.1 Å². The number of aryl methyl sites for hydroxylation is 1. The van der Waals surface area contributed by atoms with Crippen molar-refractivity contribution in [1.29, 1.82) is 0 Å². The largest absolute Gasteiger partial charge is 0.480 e. The van der Waals surface area contributed by atoms with Crippen LogP contribution in [0.3, 0.4) is 0 Å². The van der Waals surface area contributed by atoms with Crippen molar-refractivity contribution in [3.63, 3.8) is 0 Å². The van der Waals surface area contributed by atoms with E-state index in [1.807, 2.05) is 67.6 Å². The minimum atomic E-state index is -1.14. The number of hydrogen-bond acceptors (Lipinski definition) is 6. The fraction of sp³-hybridized carbons (Fsp3) is 0.103. The second kappa shape index (κ2) is 11.4. The zero-order chi connectivity index (χ0) is 27.5. The molecule has 196 valence electrons. The number of aliphatic carboxylic acids is 1. The number of thioether (sulfide) groups is 1. The van der Waals surface area contributed by atoms with Gasteiger partial charge in [0.25, 0.3) is 5.91 Å². The molecule has 1 aliphatic rings. The van der Waals surface area contributed by atoms with Crippen LogP contribution in [0.15, 0.2) is 89.8 Å². The van der Waals surface area contributed by atoms with Gasteiger partial charge in [0, 0.05) is 11.4 Å². The van der Waals surface area contributed by atoms with Gasteiger partial charge in [0.15, 0.2) is 0 Å². The molecule has 4 aromatic rings. The topological polar surface area (TPSA) is 84.7 Å². The molecule has 1 fully saturated rings. The molecule has 10 heteroatoms. The van der Waals surface area contributed by atoms with Gasteiger partial charge in [0.2, 0.25) is 5.88 Å². The highest BCUT2D eigenvalue weighted by atomic mass is 35.5. The number of hydrogen-bond donors (Lipinski definition) is 1. The molecule has 1 atom stereocenters. The van der Waals surface area contributed by atoms with E-state index in [0.717, 1.165) is 23.0 Å². The Morgan fingerprint density at radius 3 is 2.36 bits per heavy atom. The van der Waals surface area contributed by atoms with Gasteiger partial charge in [-0.3, -0.25) is 9.69 Å². The van der Waals surface area contributed by atoms with Gasteiger partial charge in [-0.05, 0) is 55.0 Å². The fourth-order valence-electron chi connectivity index (χ4n) is 4.15. The van der Waals surface area contributed by atoms with E-state index >= 15 is 0 Å². The molecule has 5 rings (SSSR count). The van der Waals surface area contributed by atoms with Crippen molar-refractivity contribution in [2.45, 2.75) is 19.4 Å². The van der Waals surface area contributed by atoms with Crippen LogP contribution in [-0.2, 0) is 16.0 Å². The molecule has 0 spiro atoms. The number of carboxylic acid groups (broad SMARTS) is 1. The van der Waals surface area contributed by atoms with Crippen molar-refractivity contribution >= 4 is 57.9 Å². The molecular weight excluding hydrogens is 554 g/mol. The number of nitrogens with zero attached hydrogens (tertiary/aromatic N) is 3. The molecule has 2 heterocycles. The molecule has 1 amide bonds. The maximum atomic E-state index is 13.6. The number of ether oxygens (including phenoxy) is 1. The van der Waals surface area contributed by atoms with E-state index in [-0.39, 0.29) is 15.6 Å². The van der Waals surface area contributed by atoms with Gasteiger partial charge in [-0.25, -0.2) is 4.79 Å². The maximum absolute atomic E-state index is 13.6. The molecular formula is C29H22ClN3O4S2. The second-order valence-electron chi connectivity index (χ2n) is 8.70. The number of benzene rings is 3. The van der Waals surface area contributed by atoms with Crippen LogP contribution in [0.2, 0.25) is 5.02 Å². The molecule has 7 nitrogen and oxygen atoms in total. The summed E-state index contributed by atoms with van der Waals surface area (Å²) in [4.78, 5) is 27.2. The Morgan fingerprint density at radius 2 is 1.72 bits per heavy atom. The summed E-state index contributed by atoms with van der Waals surface area (Å²) in [6.07, 6.45) is 1.79. The first-order chi connectivity index (χ1) is 18.8. The van der Waals surface area contributed by atoms with Gasteiger partial charge in [-0.15, -0.1) is 0 Å². The van der Waals surface area contributed by atoms with Gasteiger partial charge in [0.1, 0.15) is 16.1 Å². The summed E-state index contributed by atoms with van der Waals surface area (Å²) in [5, 5.41) is 15.2. The summed E-state index contributed by atoms with van der Waals surface area (Å²) in [5.74, 6) is -0.674. The lowest BCUT2D eigenvalue weighted by Crippen LogP contribution is -2.45. The van der Waals surface area contributed by atoms with Gasteiger partial charge < -0.3 is 9.84 Å². The van der Waals surface area contributed by atoms with E-state index in [1.165, 1.54) is 4.90 Å². The third-order valence-electron chi connectivity index (χ3n) is 6.06. The Hall–Kier alpha value is -3.92. The number of rotatable bonds is 8. The summed E-state index contributed by atoms with van der Waals surface area (Å²) in [6, 6.07) is 24.4. The predicted octanol–water partition coefficient (Wildman–Crippen LogP) is 6.52. The summed E-state index contributed by atoms with van der Waals surface area (Å²) in [5.41, 5.74) is 2.75. The molecule has 0 unspecified atom stereocenters. The van der Waals surface area contributed by atoms with Crippen molar-refractivity contribution in [2.24, 2.45) is 0 Å². The van der Waals surface area contributed by atoms with Crippen LogP contribution in [-0.4, -0.2) is 42.0 Å². The Balaban J connectivity index is 1.53. The third kappa shape index (κ3) is 5.75. The summed E-state index contributed by atoms with van der Waals surface area (Å²) in [7, 11) is 0. The lowest BCUT2D eigenvalue weighted by Gasteiger charge is -2.23. The van der Waals surface area contributed by atoms with Gasteiger partial charge >= 0.3 is 5.97 Å². The lowest BCUT2D eigenvalue weighted by atomic mass is 10.0. The molecule has 1 saturated heterocycles. The lowest BCUT2D eigenvalue weighted by molar-refractivity contribution is -0.145. The Morgan fingerprint density at radius 1 is 1.08 bits per heavy atom. The van der Waals surface area contributed by atoms with E-state index in [9.17, 15) is 14.7 Å². The molecule has 0 aliphatic carbocycles. The van der Waals surface area contributed by atoms with E-state index in [1.54, 1.807) is 35.0 Å². The molecule has 1 N–H and O–H groups in total. The number of carboxylic acids is 1. The first-order valence-corrected chi connectivity index (χ1v) is 13.5. The molecule has 0 saturated carbocycles. The maximum Gasteiger partial charge on any atom is 0.327 e. The van der Waals surface area contributed by atoms with Crippen LogP contribution in [0.5, 0.6) is 11.6 Å². The van der Waals surface area contributed by atoms with Crippen molar-refractivity contribution in [3.05, 3.63) is 112 Å². The Labute approximate surface area is 239 Å². The minimum Gasteiger partial charge on any atom is -0.480 e. The van der Waals surface area contributed by atoms with E-state index in [0.29, 0.717) is 27.9 Å². The molecule has 0 bridgehead atoms. The van der Waals surface area contributed by atoms with Gasteiger partial charge in [-0.2, -0.15) is 9.78 Å². The van der Waals surface area contributed by atoms with Crippen molar-refractivity contribution in [1.82, 2.24) is 14.7 Å². The number of amides is 1. The molecule has 1 aromatic heterocycles. The number of carbonyl (C=O) groups excluding carboxylic acids is 1. The summed E-state index contributed by atoms with van der Waals surface area (Å²) < 4.78 is 8.11. The highest BCUT2D eigenvalue weighted by Gasteiger charge is 2.41. The van der Waals surface area contributed by atoms with Crippen LogP contribution in [0, 0.1) is 6.92 Å². The van der Waals surface area contributed by atoms with E-state index in [2.05, 4.69) is 5.10 Å². The molecule has 39 heavy (non-hydrogen) atoms. The Bertz CT molecular complexity index is 1570. The third-order valence-corrected chi connectivity index (χ3v) is 7.64. The predicted molar refractivity (Wildman–Crippen MR) is 156 cm³/mol. The van der Waals surface area contributed by atoms with Crippen LogP contribution in [0.1, 0.15) is 16.8 Å². The van der Waals surface area contributed by atoms with Gasteiger partial charge in [0.05, 0.1) is 21.8 Å². The smallest absolute Gasteiger partial charge is 0.327 e. The zero-order valence-electron chi connectivity index (χ0n) is 20.7. The standard InChI is InChI=1S/C29H22ClN3O4S2/c1-18-23(27(37-22-14-12-20(30)13-15-22)33(31-18)21-10-6-3-7-11-21)17-25-26(34)32(29(38)39-25)24(28(35)36)16-19-8-4-2-5-9-19/h2-15,17,24H,16H2,1H3,(H,35,36)/b25-17-/t24-/m0/s1. The zero-order valence-corrected chi connectivity index (χ0v) is 23.0. The monoisotopic (exact) mass is 575 g/mol.